The second-order valence-corrected chi connectivity index (χ2v) is 10.5. The van der Waals surface area contributed by atoms with Crippen LogP contribution in [0.3, 0.4) is 0 Å². The first-order valence-electron chi connectivity index (χ1n) is 9.28. The molecule has 8 nitrogen and oxygen atoms in total. The second kappa shape index (κ2) is 8.87. The molecule has 0 aliphatic carbocycles. The maximum Gasteiger partial charge on any atom is 0.341 e. The van der Waals surface area contributed by atoms with Crippen LogP contribution in [0.1, 0.15) is 20.8 Å². The molecule has 3 aromatic rings. The first kappa shape index (κ1) is 21.6. The Morgan fingerprint density at radius 2 is 1.87 bits per heavy atom. The summed E-state index contributed by atoms with van der Waals surface area (Å²) in [4.78, 5) is 26.2. The van der Waals surface area contributed by atoms with Gasteiger partial charge in [-0.25, -0.2) is 18.4 Å². The molecular formula is C20H19N3O5S3. The Bertz CT molecular complexity index is 1220. The average molecular weight is 478 g/mol. The van der Waals surface area contributed by atoms with Crippen LogP contribution in [0.2, 0.25) is 0 Å². The van der Waals surface area contributed by atoms with E-state index in [0.29, 0.717) is 11.3 Å². The number of carbonyl (C=O) groups is 2. The van der Waals surface area contributed by atoms with Crippen LogP contribution in [0.5, 0.6) is 0 Å². The smallest absolute Gasteiger partial charge is 0.341 e. The number of fused-ring (bicyclic) bond motifs is 1. The normalized spacial score (nSPS) is 13.5. The van der Waals surface area contributed by atoms with Crippen LogP contribution >= 0.6 is 23.1 Å². The topological polar surface area (TPSA) is 120 Å². The maximum atomic E-state index is 12.9. The molecule has 0 fully saturated rings. The Balaban J connectivity index is 1.45. The monoisotopic (exact) mass is 477 g/mol. The van der Waals surface area contributed by atoms with Gasteiger partial charge >= 0.3 is 5.97 Å². The third-order valence-electron chi connectivity index (χ3n) is 4.65. The number of carbonyl (C=O) groups excluding carboxylic acids is 2. The molecule has 1 aliphatic rings. The van der Waals surface area contributed by atoms with Crippen molar-refractivity contribution in [2.24, 2.45) is 5.14 Å². The molecule has 1 aliphatic heterocycles. The quantitative estimate of drug-likeness (QED) is 0.527. The zero-order chi connectivity index (χ0) is 22.0. The fourth-order valence-electron chi connectivity index (χ4n) is 3.21. The van der Waals surface area contributed by atoms with E-state index in [1.165, 1.54) is 24.3 Å². The number of sulfonamides is 1. The molecule has 2 aromatic heterocycles. The SMILES string of the molecule is NS(=O)(=O)c1ccc(NC(=O)COC(=O)c2c(-n3cccc3)sc3c2CCSC3)cc1. The Labute approximate surface area is 187 Å². The van der Waals surface area contributed by atoms with E-state index in [9.17, 15) is 18.0 Å². The summed E-state index contributed by atoms with van der Waals surface area (Å²) in [6.45, 7) is -0.458. The lowest BCUT2D eigenvalue weighted by Gasteiger charge is -2.13. The van der Waals surface area contributed by atoms with Crippen LogP contribution in [0.25, 0.3) is 5.00 Å². The van der Waals surface area contributed by atoms with Crippen LogP contribution in [0.15, 0.2) is 53.7 Å². The fraction of sp³-hybridized carbons (Fsp3) is 0.200. The van der Waals surface area contributed by atoms with Gasteiger partial charge in [-0.1, -0.05) is 0 Å². The van der Waals surface area contributed by atoms with Gasteiger partial charge in [0.2, 0.25) is 10.0 Å². The van der Waals surface area contributed by atoms with Gasteiger partial charge in [-0.3, -0.25) is 4.79 Å². The van der Waals surface area contributed by atoms with E-state index in [2.05, 4.69) is 5.32 Å². The molecule has 0 bridgehead atoms. The minimum absolute atomic E-state index is 0.0603. The molecule has 3 N–H and O–H groups in total. The summed E-state index contributed by atoms with van der Waals surface area (Å²) in [5.41, 5.74) is 1.88. The van der Waals surface area contributed by atoms with Crippen molar-refractivity contribution < 1.29 is 22.7 Å². The predicted octanol–water partition coefficient (Wildman–Crippen LogP) is 2.77. The summed E-state index contributed by atoms with van der Waals surface area (Å²) in [5.74, 6) is 0.729. The number of aromatic nitrogens is 1. The van der Waals surface area contributed by atoms with Gasteiger partial charge in [0.05, 0.1) is 10.5 Å². The van der Waals surface area contributed by atoms with Crippen molar-refractivity contribution in [3.8, 4) is 5.00 Å². The van der Waals surface area contributed by atoms with Gasteiger partial charge in [0.25, 0.3) is 5.91 Å². The molecule has 0 spiro atoms. The van der Waals surface area contributed by atoms with Crippen molar-refractivity contribution in [3.05, 3.63) is 64.8 Å². The molecule has 0 radical (unpaired) electrons. The number of esters is 1. The highest BCUT2D eigenvalue weighted by molar-refractivity contribution is 7.98. The number of ether oxygens (including phenoxy) is 1. The average Bonchev–Trinajstić information content (AvgIpc) is 3.39. The second-order valence-electron chi connectivity index (χ2n) is 6.77. The maximum absolute atomic E-state index is 12.9. The van der Waals surface area contributed by atoms with E-state index < -0.39 is 28.5 Å². The number of hydrogen-bond acceptors (Lipinski definition) is 7. The zero-order valence-corrected chi connectivity index (χ0v) is 18.7. The number of benzene rings is 1. The predicted molar refractivity (Wildman–Crippen MR) is 120 cm³/mol. The minimum atomic E-state index is -3.81. The molecule has 11 heteroatoms. The van der Waals surface area contributed by atoms with Gasteiger partial charge in [0, 0.05) is 28.7 Å². The molecule has 162 valence electrons. The Morgan fingerprint density at radius 1 is 1.16 bits per heavy atom. The number of hydrogen-bond donors (Lipinski definition) is 2. The Hall–Kier alpha value is -2.60. The van der Waals surface area contributed by atoms with Crippen molar-refractivity contribution in [2.45, 2.75) is 17.1 Å². The third-order valence-corrected chi connectivity index (χ3v) is 7.99. The van der Waals surface area contributed by atoms with Crippen molar-refractivity contribution in [1.82, 2.24) is 4.57 Å². The van der Waals surface area contributed by atoms with Crippen molar-refractivity contribution in [2.75, 3.05) is 17.7 Å². The van der Waals surface area contributed by atoms with E-state index in [1.54, 1.807) is 11.3 Å². The summed E-state index contributed by atoms with van der Waals surface area (Å²) in [7, 11) is -3.81. The van der Waals surface area contributed by atoms with Gasteiger partial charge < -0.3 is 14.6 Å². The summed E-state index contributed by atoms with van der Waals surface area (Å²) in [6, 6.07) is 9.17. The highest BCUT2D eigenvalue weighted by atomic mass is 32.2. The molecule has 0 atom stereocenters. The number of primary sulfonamides is 1. The summed E-state index contributed by atoms with van der Waals surface area (Å²) in [6.07, 6.45) is 4.53. The van der Waals surface area contributed by atoms with E-state index in [4.69, 9.17) is 9.88 Å². The summed E-state index contributed by atoms with van der Waals surface area (Å²) >= 11 is 3.40. The lowest BCUT2D eigenvalue weighted by molar-refractivity contribution is -0.119. The van der Waals surface area contributed by atoms with Crippen LogP contribution in [0.4, 0.5) is 5.69 Å². The molecule has 0 saturated heterocycles. The first-order valence-corrected chi connectivity index (χ1v) is 12.8. The van der Waals surface area contributed by atoms with Crippen molar-refractivity contribution >= 4 is 50.7 Å². The van der Waals surface area contributed by atoms with E-state index in [0.717, 1.165) is 33.4 Å². The fourth-order valence-corrected chi connectivity index (χ4v) is 6.16. The van der Waals surface area contributed by atoms with E-state index in [-0.39, 0.29) is 4.90 Å². The van der Waals surface area contributed by atoms with Crippen molar-refractivity contribution in [3.63, 3.8) is 0 Å². The molecule has 0 unspecified atom stereocenters. The number of rotatable bonds is 6. The number of nitrogens with one attached hydrogen (secondary N) is 1. The number of anilines is 1. The van der Waals surface area contributed by atoms with Gasteiger partial charge in [0.15, 0.2) is 6.61 Å². The molecule has 0 saturated carbocycles. The van der Waals surface area contributed by atoms with Crippen LogP contribution in [0, 0.1) is 0 Å². The largest absolute Gasteiger partial charge is 0.452 e. The van der Waals surface area contributed by atoms with Crippen LogP contribution in [-0.4, -0.2) is 37.2 Å². The van der Waals surface area contributed by atoms with Crippen LogP contribution in [-0.2, 0) is 31.7 Å². The number of thioether (sulfide) groups is 1. The summed E-state index contributed by atoms with van der Waals surface area (Å²) in [5, 5.41) is 8.42. The molecule has 3 heterocycles. The Morgan fingerprint density at radius 3 is 2.55 bits per heavy atom. The molecular weight excluding hydrogens is 458 g/mol. The lowest BCUT2D eigenvalue weighted by atomic mass is 10.1. The lowest BCUT2D eigenvalue weighted by Crippen LogP contribution is -2.22. The molecule has 31 heavy (non-hydrogen) atoms. The van der Waals surface area contributed by atoms with Gasteiger partial charge in [-0.15, -0.1) is 11.3 Å². The van der Waals surface area contributed by atoms with Crippen molar-refractivity contribution in [1.29, 1.82) is 0 Å². The standard InChI is InChI=1S/C20H19N3O5S3/c21-31(26,27)14-5-3-13(4-6-14)22-17(24)11-28-20(25)18-15-7-10-29-12-16(15)30-19(18)23-8-1-2-9-23/h1-6,8-9H,7,10-12H2,(H,22,24)(H2,21,26,27). The zero-order valence-electron chi connectivity index (χ0n) is 16.2. The molecule has 1 aromatic carbocycles. The van der Waals surface area contributed by atoms with Gasteiger partial charge in [0.1, 0.15) is 5.00 Å². The number of thiophene rings is 1. The highest BCUT2D eigenvalue weighted by Crippen LogP contribution is 2.38. The summed E-state index contributed by atoms with van der Waals surface area (Å²) < 4.78 is 29.8. The number of nitrogens with zero attached hydrogens (tertiary/aromatic N) is 1. The van der Waals surface area contributed by atoms with Gasteiger partial charge in [-0.2, -0.15) is 11.8 Å². The Kier molecular flexibility index (Phi) is 6.19. The molecule has 4 rings (SSSR count). The number of nitrogens with two attached hydrogens (primary N) is 1. The molecule has 1 amide bonds. The number of amides is 1. The third kappa shape index (κ3) is 4.85. The van der Waals surface area contributed by atoms with E-state index in [1.807, 2.05) is 40.9 Å². The van der Waals surface area contributed by atoms with E-state index >= 15 is 0 Å². The van der Waals surface area contributed by atoms with Crippen LogP contribution < -0.4 is 10.5 Å². The first-order chi connectivity index (χ1) is 14.8. The minimum Gasteiger partial charge on any atom is -0.452 e. The van der Waals surface area contributed by atoms with Gasteiger partial charge in [-0.05, 0) is 54.1 Å². The highest BCUT2D eigenvalue weighted by Gasteiger charge is 2.27.